The Labute approximate surface area is 122 Å². The summed E-state index contributed by atoms with van der Waals surface area (Å²) in [5.74, 6) is -0.707. The van der Waals surface area contributed by atoms with Crippen molar-refractivity contribution in [3.05, 3.63) is 11.6 Å². The molecule has 2 heterocycles. The lowest BCUT2D eigenvalue weighted by Gasteiger charge is -2.37. The average Bonchev–Trinajstić information content (AvgIpc) is 3.30. The minimum atomic E-state index is -1.88. The van der Waals surface area contributed by atoms with Gasteiger partial charge in [-0.1, -0.05) is 11.6 Å². The normalized spacial score (nSPS) is 53.4. The van der Waals surface area contributed by atoms with Crippen LogP contribution in [0.25, 0.3) is 0 Å². The molecule has 4 nitrogen and oxygen atoms in total. The van der Waals surface area contributed by atoms with E-state index in [4.69, 9.17) is 17.0 Å². The average molecular weight is 280 g/mol. The number of ketones is 1. The Balaban J connectivity index is 1.59. The molecule has 2 aliphatic heterocycles. The summed E-state index contributed by atoms with van der Waals surface area (Å²) in [4.78, 5) is 12.4. The highest BCUT2D eigenvalue weighted by atomic mass is 16.6. The number of allylic oxidation sites excluding steroid dienone is 1. The molecule has 4 rings (SSSR count). The standard InChI is InChI=1S/C16H22O4/c1-15(12(20-15)6-5-10-3-4-10)14-13(18-2)11(17)7-8-16(14)9-19-16/h5,12-14H,3-4,6-9H2,1-2H3/t12-,13-,14-,15+,16+/m1/s1/i7D2. The lowest BCUT2D eigenvalue weighted by molar-refractivity contribution is -0.142. The first-order valence-corrected chi connectivity index (χ1v) is 7.39. The molecule has 4 aliphatic rings. The molecule has 0 aromatic rings. The van der Waals surface area contributed by atoms with Gasteiger partial charge >= 0.3 is 0 Å². The van der Waals surface area contributed by atoms with E-state index in [1.807, 2.05) is 6.92 Å². The number of hydrogen-bond donors (Lipinski definition) is 0. The Kier molecular flexibility index (Phi) is 2.27. The molecule has 5 atom stereocenters. The van der Waals surface area contributed by atoms with E-state index in [0.29, 0.717) is 6.61 Å². The maximum atomic E-state index is 12.4. The van der Waals surface area contributed by atoms with E-state index >= 15 is 0 Å². The lowest BCUT2D eigenvalue weighted by Crippen LogP contribution is -2.52. The number of Topliss-reactive ketones (excluding diaryl/α,β-unsaturated/α-hetero) is 1. The first-order chi connectivity index (χ1) is 10.3. The fourth-order valence-corrected chi connectivity index (χ4v) is 3.69. The lowest BCUT2D eigenvalue weighted by atomic mass is 9.69. The molecule has 20 heavy (non-hydrogen) atoms. The fourth-order valence-electron chi connectivity index (χ4n) is 3.69. The van der Waals surface area contributed by atoms with Crippen LogP contribution in [0.4, 0.5) is 0 Å². The van der Waals surface area contributed by atoms with E-state index in [1.54, 1.807) is 0 Å². The molecule has 0 bridgehead atoms. The highest BCUT2D eigenvalue weighted by Crippen LogP contribution is 2.58. The van der Waals surface area contributed by atoms with Crippen molar-refractivity contribution in [3.8, 4) is 0 Å². The van der Waals surface area contributed by atoms with Crippen molar-refractivity contribution in [2.75, 3.05) is 13.7 Å². The van der Waals surface area contributed by atoms with Gasteiger partial charge in [0.05, 0.1) is 18.6 Å². The van der Waals surface area contributed by atoms with E-state index < -0.39 is 29.5 Å². The number of rotatable bonds is 4. The van der Waals surface area contributed by atoms with Gasteiger partial charge in [-0.05, 0) is 32.6 Å². The molecule has 2 saturated carbocycles. The largest absolute Gasteiger partial charge is 0.373 e. The fraction of sp³-hybridized carbons (Fsp3) is 0.812. The minimum Gasteiger partial charge on any atom is -0.373 e. The zero-order valence-electron chi connectivity index (χ0n) is 14.0. The first kappa shape index (κ1) is 10.9. The molecule has 0 aromatic heterocycles. The predicted molar refractivity (Wildman–Crippen MR) is 72.4 cm³/mol. The van der Waals surface area contributed by atoms with Crippen LogP contribution in [0.2, 0.25) is 0 Å². The van der Waals surface area contributed by atoms with Crippen molar-refractivity contribution in [2.45, 2.75) is 62.4 Å². The van der Waals surface area contributed by atoms with Gasteiger partial charge in [0, 0.05) is 16.2 Å². The second-order valence-electron chi connectivity index (χ2n) is 6.59. The van der Waals surface area contributed by atoms with Gasteiger partial charge in [0.15, 0.2) is 5.78 Å². The van der Waals surface area contributed by atoms with E-state index in [9.17, 15) is 4.79 Å². The Morgan fingerprint density at radius 1 is 1.55 bits per heavy atom. The molecule has 110 valence electrons. The van der Waals surface area contributed by atoms with E-state index in [0.717, 1.165) is 6.42 Å². The van der Waals surface area contributed by atoms with Gasteiger partial charge in [0.2, 0.25) is 0 Å². The molecule has 0 aromatic carbocycles. The van der Waals surface area contributed by atoms with Crippen LogP contribution in [0.5, 0.6) is 0 Å². The molecule has 0 unspecified atom stereocenters. The molecular weight excluding hydrogens is 256 g/mol. The van der Waals surface area contributed by atoms with Crippen LogP contribution in [0, 0.1) is 5.92 Å². The van der Waals surface area contributed by atoms with Crippen molar-refractivity contribution in [1.82, 2.24) is 0 Å². The second kappa shape index (κ2) is 4.15. The third kappa shape index (κ3) is 1.89. The van der Waals surface area contributed by atoms with Crippen LogP contribution in [-0.4, -0.2) is 42.9 Å². The van der Waals surface area contributed by atoms with Crippen molar-refractivity contribution in [3.63, 3.8) is 0 Å². The van der Waals surface area contributed by atoms with Gasteiger partial charge in [-0.3, -0.25) is 4.79 Å². The monoisotopic (exact) mass is 280 g/mol. The molecule has 0 N–H and O–H groups in total. The highest BCUT2D eigenvalue weighted by Gasteiger charge is 2.71. The van der Waals surface area contributed by atoms with Gasteiger partial charge in [-0.25, -0.2) is 0 Å². The van der Waals surface area contributed by atoms with Crippen molar-refractivity contribution in [2.24, 2.45) is 5.92 Å². The highest BCUT2D eigenvalue weighted by molar-refractivity contribution is 5.85. The number of ether oxygens (including phenoxy) is 3. The van der Waals surface area contributed by atoms with Crippen LogP contribution in [-0.2, 0) is 19.0 Å². The van der Waals surface area contributed by atoms with Crippen LogP contribution in [0.15, 0.2) is 11.6 Å². The molecule has 4 fully saturated rings. The van der Waals surface area contributed by atoms with Crippen LogP contribution >= 0.6 is 0 Å². The summed E-state index contributed by atoms with van der Waals surface area (Å²) < 4.78 is 33.0. The number of methoxy groups -OCH3 is 1. The first-order valence-electron chi connectivity index (χ1n) is 8.39. The van der Waals surface area contributed by atoms with Crippen molar-refractivity contribution in [1.29, 1.82) is 0 Å². The number of carbonyl (C=O) groups is 1. The third-order valence-corrected chi connectivity index (χ3v) is 5.21. The van der Waals surface area contributed by atoms with Gasteiger partial charge < -0.3 is 14.2 Å². The van der Waals surface area contributed by atoms with Crippen LogP contribution < -0.4 is 0 Å². The van der Waals surface area contributed by atoms with Crippen LogP contribution in [0.3, 0.4) is 0 Å². The summed E-state index contributed by atoms with van der Waals surface area (Å²) in [7, 11) is 1.47. The number of epoxide rings is 2. The summed E-state index contributed by atoms with van der Waals surface area (Å²) in [6, 6.07) is 0. The van der Waals surface area contributed by atoms with Crippen molar-refractivity contribution < 1.29 is 21.7 Å². The molecule has 4 heteroatoms. The summed E-state index contributed by atoms with van der Waals surface area (Å²) in [5.41, 5.74) is 0.415. The van der Waals surface area contributed by atoms with E-state index in [-0.39, 0.29) is 18.4 Å². The SMILES string of the molecule is [2H]C1([2H])C[C@]2(CO2)[C@@H]([C@@]2(C)O[C@@H]2CC=C2CC2)[C@H](OC)C1=O. The molecule has 0 radical (unpaired) electrons. The quantitative estimate of drug-likeness (QED) is 0.584. The van der Waals surface area contributed by atoms with E-state index in [2.05, 4.69) is 6.08 Å². The minimum absolute atomic E-state index is 0.0705. The Hall–Kier alpha value is -0.710. The summed E-state index contributed by atoms with van der Waals surface area (Å²) in [5, 5.41) is 0. The molecular formula is C16H22O4. The smallest absolute Gasteiger partial charge is 0.162 e. The third-order valence-electron chi connectivity index (χ3n) is 5.21. The zero-order chi connectivity index (χ0) is 15.8. The van der Waals surface area contributed by atoms with Gasteiger partial charge in [-0.2, -0.15) is 0 Å². The molecule has 1 spiro atoms. The van der Waals surface area contributed by atoms with Gasteiger partial charge in [0.25, 0.3) is 0 Å². The van der Waals surface area contributed by atoms with Crippen LogP contribution in [0.1, 0.15) is 41.7 Å². The Bertz CT molecular complexity index is 548. The summed E-state index contributed by atoms with van der Waals surface area (Å²) >= 11 is 0. The second-order valence-corrected chi connectivity index (χ2v) is 6.59. The maximum absolute atomic E-state index is 12.4. The zero-order valence-corrected chi connectivity index (χ0v) is 12.0. The number of hydrogen-bond acceptors (Lipinski definition) is 4. The maximum Gasteiger partial charge on any atom is 0.162 e. The van der Waals surface area contributed by atoms with Gasteiger partial charge in [0.1, 0.15) is 17.3 Å². The summed E-state index contributed by atoms with van der Waals surface area (Å²) in [6.45, 7) is 2.49. The predicted octanol–water partition coefficient (Wildman–Crippen LogP) is 2.02. The Morgan fingerprint density at radius 2 is 2.30 bits per heavy atom. The van der Waals surface area contributed by atoms with Gasteiger partial charge in [-0.15, -0.1) is 0 Å². The topological polar surface area (TPSA) is 51.4 Å². The van der Waals surface area contributed by atoms with Crippen molar-refractivity contribution >= 4 is 5.78 Å². The number of carbonyl (C=O) groups excluding carboxylic acids is 1. The molecule has 2 saturated heterocycles. The molecule has 0 amide bonds. The Morgan fingerprint density at radius 3 is 2.90 bits per heavy atom. The summed E-state index contributed by atoms with van der Waals surface area (Å²) in [6.07, 6.45) is 2.98. The van der Waals surface area contributed by atoms with E-state index in [1.165, 1.54) is 25.5 Å². The molecule has 2 aliphatic carbocycles.